The van der Waals surface area contributed by atoms with Gasteiger partial charge in [0.2, 0.25) is 5.82 Å². The van der Waals surface area contributed by atoms with Gasteiger partial charge < -0.3 is 15.4 Å². The second kappa shape index (κ2) is 4.77. The number of hydrogen-bond donors (Lipinski definition) is 1. The molecule has 0 bridgehead atoms. The minimum Gasteiger partial charge on any atom is -0.384 e. The van der Waals surface area contributed by atoms with Gasteiger partial charge in [-0.25, -0.2) is 4.98 Å². The molecule has 98 valence electrons. The highest BCUT2D eigenvalue weighted by molar-refractivity contribution is 5.61. The van der Waals surface area contributed by atoms with E-state index < -0.39 is 4.92 Å². The van der Waals surface area contributed by atoms with E-state index in [2.05, 4.69) is 4.98 Å². The molecule has 0 amide bonds. The summed E-state index contributed by atoms with van der Waals surface area (Å²) in [6, 6.07) is 2.83. The molecule has 0 radical (unpaired) electrons. The van der Waals surface area contributed by atoms with E-state index in [0.29, 0.717) is 18.9 Å². The number of morpholine rings is 1. The molecule has 1 saturated heterocycles. The van der Waals surface area contributed by atoms with Gasteiger partial charge in [0.25, 0.3) is 0 Å². The number of nitro groups is 1. The number of nitrogen functional groups attached to an aromatic ring is 1. The molecule has 0 saturated carbocycles. The molecule has 18 heavy (non-hydrogen) atoms. The first-order valence-corrected chi connectivity index (χ1v) is 5.78. The third-order valence-corrected chi connectivity index (χ3v) is 2.79. The summed E-state index contributed by atoms with van der Waals surface area (Å²) in [5.74, 6) is 0.601. The zero-order chi connectivity index (χ0) is 13.3. The fraction of sp³-hybridized carbons (Fsp3) is 0.545. The molecule has 0 spiro atoms. The summed E-state index contributed by atoms with van der Waals surface area (Å²) in [5, 5.41) is 11.0. The number of anilines is 2. The maximum atomic E-state index is 11.0. The van der Waals surface area contributed by atoms with E-state index in [0.717, 1.165) is 0 Å². The third kappa shape index (κ3) is 2.51. The molecular formula is C11H16N4O3. The predicted octanol–water partition coefficient (Wildman–Crippen LogP) is 1.19. The zero-order valence-electron chi connectivity index (χ0n) is 10.4. The number of ether oxygens (including phenoxy) is 1. The summed E-state index contributed by atoms with van der Waals surface area (Å²) >= 11 is 0. The lowest BCUT2D eigenvalue weighted by Gasteiger charge is -2.35. The quantitative estimate of drug-likeness (QED) is 0.627. The Kier molecular flexibility index (Phi) is 3.33. The first-order chi connectivity index (χ1) is 8.47. The lowest BCUT2D eigenvalue weighted by molar-refractivity contribution is -0.384. The highest BCUT2D eigenvalue weighted by atomic mass is 16.6. The van der Waals surface area contributed by atoms with Gasteiger partial charge in [0.05, 0.1) is 17.1 Å². The molecule has 0 aromatic carbocycles. The molecule has 1 aliphatic heterocycles. The molecule has 2 rings (SSSR count). The third-order valence-electron chi connectivity index (χ3n) is 2.79. The molecule has 1 fully saturated rings. The number of aromatic nitrogens is 1. The monoisotopic (exact) mass is 252 g/mol. The summed E-state index contributed by atoms with van der Waals surface area (Å²) < 4.78 is 5.60. The van der Waals surface area contributed by atoms with Crippen LogP contribution in [0.25, 0.3) is 0 Å². The van der Waals surface area contributed by atoms with E-state index in [1.54, 1.807) is 0 Å². The Hall–Kier alpha value is -1.89. The number of pyridine rings is 1. The second-order valence-corrected chi connectivity index (χ2v) is 4.50. The van der Waals surface area contributed by atoms with E-state index in [4.69, 9.17) is 10.5 Å². The van der Waals surface area contributed by atoms with Crippen LogP contribution in [0.3, 0.4) is 0 Å². The Morgan fingerprint density at radius 1 is 1.44 bits per heavy atom. The van der Waals surface area contributed by atoms with Crippen LogP contribution in [0.5, 0.6) is 0 Å². The Balaban J connectivity index is 2.36. The molecule has 7 heteroatoms. The molecular weight excluding hydrogens is 236 g/mol. The van der Waals surface area contributed by atoms with Gasteiger partial charge in [-0.1, -0.05) is 0 Å². The topological polar surface area (TPSA) is 94.5 Å². The van der Waals surface area contributed by atoms with Crippen LogP contribution < -0.4 is 10.6 Å². The average molecular weight is 252 g/mol. The number of nitrogens with two attached hydrogens (primary N) is 1. The van der Waals surface area contributed by atoms with Crippen LogP contribution in [0.1, 0.15) is 13.8 Å². The highest BCUT2D eigenvalue weighted by Gasteiger charge is 2.28. The average Bonchev–Trinajstić information content (AvgIpc) is 2.27. The fourth-order valence-electron chi connectivity index (χ4n) is 2.18. The largest absolute Gasteiger partial charge is 0.384 e. The molecule has 0 aliphatic carbocycles. The van der Waals surface area contributed by atoms with Gasteiger partial charge in [0, 0.05) is 19.2 Å². The van der Waals surface area contributed by atoms with Crippen molar-refractivity contribution >= 4 is 17.3 Å². The van der Waals surface area contributed by atoms with Crippen molar-refractivity contribution in [3.8, 4) is 0 Å². The lowest BCUT2D eigenvalue weighted by Crippen LogP contribution is -2.46. The van der Waals surface area contributed by atoms with Crippen molar-refractivity contribution in [1.82, 2.24) is 4.98 Å². The van der Waals surface area contributed by atoms with Crippen LogP contribution in [0.4, 0.5) is 17.3 Å². The van der Waals surface area contributed by atoms with Crippen LogP contribution in [0.2, 0.25) is 0 Å². The molecule has 2 atom stereocenters. The first-order valence-electron chi connectivity index (χ1n) is 5.78. The maximum Gasteiger partial charge on any atom is 0.311 e. The molecule has 2 unspecified atom stereocenters. The van der Waals surface area contributed by atoms with Crippen molar-refractivity contribution in [1.29, 1.82) is 0 Å². The zero-order valence-corrected chi connectivity index (χ0v) is 10.4. The Bertz CT molecular complexity index is 456. The van der Waals surface area contributed by atoms with Crippen LogP contribution in [0, 0.1) is 10.1 Å². The molecule has 2 heterocycles. The predicted molar refractivity (Wildman–Crippen MR) is 67.5 cm³/mol. The summed E-state index contributed by atoms with van der Waals surface area (Å²) in [7, 11) is 0. The number of rotatable bonds is 2. The lowest BCUT2D eigenvalue weighted by atomic mass is 10.2. The first kappa shape index (κ1) is 12.6. The highest BCUT2D eigenvalue weighted by Crippen LogP contribution is 2.29. The smallest absolute Gasteiger partial charge is 0.311 e. The normalized spacial score (nSPS) is 24.0. The van der Waals surface area contributed by atoms with Gasteiger partial charge >= 0.3 is 5.69 Å². The number of hydrogen-bond acceptors (Lipinski definition) is 6. The van der Waals surface area contributed by atoms with E-state index in [1.807, 2.05) is 18.7 Å². The molecule has 1 aromatic rings. The molecule has 1 aromatic heterocycles. The van der Waals surface area contributed by atoms with E-state index >= 15 is 0 Å². The van der Waals surface area contributed by atoms with Gasteiger partial charge in [0.15, 0.2) is 0 Å². The van der Waals surface area contributed by atoms with Crippen molar-refractivity contribution in [3.05, 3.63) is 22.2 Å². The van der Waals surface area contributed by atoms with Crippen molar-refractivity contribution in [2.75, 3.05) is 23.7 Å². The van der Waals surface area contributed by atoms with Crippen molar-refractivity contribution in [2.24, 2.45) is 0 Å². The van der Waals surface area contributed by atoms with Gasteiger partial charge in [-0.3, -0.25) is 10.1 Å². The Morgan fingerprint density at radius 2 is 2.06 bits per heavy atom. The summed E-state index contributed by atoms with van der Waals surface area (Å²) in [6.45, 7) is 5.00. The van der Waals surface area contributed by atoms with Gasteiger partial charge in [-0.2, -0.15) is 0 Å². The Morgan fingerprint density at radius 3 is 2.61 bits per heavy atom. The van der Waals surface area contributed by atoms with Gasteiger partial charge in [-0.05, 0) is 19.9 Å². The van der Waals surface area contributed by atoms with Crippen molar-refractivity contribution < 1.29 is 9.66 Å². The summed E-state index contributed by atoms with van der Waals surface area (Å²) in [6.07, 6.45) is 0.0215. The van der Waals surface area contributed by atoms with Crippen LogP contribution in [-0.4, -0.2) is 35.2 Å². The van der Waals surface area contributed by atoms with Crippen LogP contribution in [-0.2, 0) is 4.74 Å². The minimum absolute atomic E-state index is 0.0107. The second-order valence-electron chi connectivity index (χ2n) is 4.50. The fourth-order valence-corrected chi connectivity index (χ4v) is 2.18. The van der Waals surface area contributed by atoms with Crippen LogP contribution >= 0.6 is 0 Å². The summed E-state index contributed by atoms with van der Waals surface area (Å²) in [4.78, 5) is 16.5. The maximum absolute atomic E-state index is 11.0. The van der Waals surface area contributed by atoms with Crippen LogP contribution in [0.15, 0.2) is 12.1 Å². The molecule has 7 nitrogen and oxygen atoms in total. The van der Waals surface area contributed by atoms with Crippen molar-refractivity contribution in [2.45, 2.75) is 26.1 Å². The number of nitrogens with zero attached hydrogens (tertiary/aromatic N) is 3. The van der Waals surface area contributed by atoms with Gasteiger partial charge in [-0.15, -0.1) is 0 Å². The van der Waals surface area contributed by atoms with E-state index in [1.165, 1.54) is 12.1 Å². The minimum atomic E-state index is -0.438. The van der Waals surface area contributed by atoms with E-state index in [-0.39, 0.29) is 23.7 Å². The van der Waals surface area contributed by atoms with Crippen molar-refractivity contribution in [3.63, 3.8) is 0 Å². The summed E-state index contributed by atoms with van der Waals surface area (Å²) in [5.41, 5.74) is 5.59. The molecule has 1 aliphatic rings. The standard InChI is InChI=1S/C11H16N4O3/c1-7-5-14(6-8(2)18-7)11-9(15(16)17)3-4-10(12)13-11/h3-4,7-8H,5-6H2,1-2H3,(H2,12,13). The Labute approximate surface area is 105 Å². The molecule has 2 N–H and O–H groups in total. The van der Waals surface area contributed by atoms with Gasteiger partial charge in [0.1, 0.15) is 5.82 Å². The SMILES string of the molecule is CC1CN(c2nc(N)ccc2[N+](=O)[O-])CC(C)O1. The van der Waals surface area contributed by atoms with E-state index in [9.17, 15) is 10.1 Å².